The molecule has 2 N–H and O–H groups in total. The number of hydrogen-bond acceptors (Lipinski definition) is 3. The van der Waals surface area contributed by atoms with Gasteiger partial charge in [-0.3, -0.25) is 0 Å². The van der Waals surface area contributed by atoms with Gasteiger partial charge in [0.15, 0.2) is 17.4 Å². The summed E-state index contributed by atoms with van der Waals surface area (Å²) < 4.78 is 34.9. The molecule has 0 radical (unpaired) electrons. The number of carbonyl (C=O) groups excluding carboxylic acids is 1. The number of halogens is 2. The van der Waals surface area contributed by atoms with E-state index >= 15 is 0 Å². The average Bonchev–Trinajstić information content (AvgIpc) is 3.52. The van der Waals surface area contributed by atoms with E-state index in [-0.39, 0.29) is 11.3 Å². The van der Waals surface area contributed by atoms with Gasteiger partial charge in [0.25, 0.3) is 0 Å². The Morgan fingerprint density at radius 3 is 2.80 bits per heavy atom. The maximum atomic E-state index is 14.8. The maximum Gasteiger partial charge on any atom is 0.199 e. The monoisotopic (exact) mass is 471 g/mol. The summed E-state index contributed by atoms with van der Waals surface area (Å²) in [5.74, 6) is -0.898. The van der Waals surface area contributed by atoms with Crippen LogP contribution in [0.2, 0.25) is 0 Å². The molecule has 5 rings (SSSR count). The van der Waals surface area contributed by atoms with Gasteiger partial charge in [-0.1, -0.05) is 43.3 Å². The Morgan fingerprint density at radius 1 is 1.09 bits per heavy atom. The van der Waals surface area contributed by atoms with Crippen LogP contribution < -0.4 is 4.74 Å². The van der Waals surface area contributed by atoms with E-state index in [1.165, 1.54) is 12.1 Å². The molecular weight excluding hydrogens is 448 g/mol. The zero-order valence-corrected chi connectivity index (χ0v) is 19.0. The van der Waals surface area contributed by atoms with Gasteiger partial charge in [-0.15, -0.1) is 0 Å². The third-order valence-electron chi connectivity index (χ3n) is 6.02. The quantitative estimate of drug-likeness (QED) is 0.242. The van der Waals surface area contributed by atoms with E-state index in [2.05, 4.69) is 21.0 Å². The van der Waals surface area contributed by atoms with Gasteiger partial charge in [-0.25, -0.2) is 13.8 Å². The third-order valence-corrected chi connectivity index (χ3v) is 6.02. The lowest BCUT2D eigenvalue weighted by Crippen LogP contribution is -1.96. The van der Waals surface area contributed by atoms with Gasteiger partial charge in [0.05, 0.1) is 5.52 Å². The lowest BCUT2D eigenvalue weighted by molar-refractivity contribution is -0.108. The first-order valence-electron chi connectivity index (χ1n) is 11.3. The number of carbonyl (C=O) groups is 1. The van der Waals surface area contributed by atoms with Crippen LogP contribution in [0.3, 0.4) is 0 Å². The molecule has 3 aromatic carbocycles. The van der Waals surface area contributed by atoms with E-state index in [1.54, 1.807) is 30.6 Å². The highest BCUT2D eigenvalue weighted by Crippen LogP contribution is 2.34. The number of benzene rings is 3. The average molecular weight is 472 g/mol. The van der Waals surface area contributed by atoms with Gasteiger partial charge in [-0.05, 0) is 35.2 Å². The molecule has 5 nitrogen and oxygen atoms in total. The number of nitrogens with zero attached hydrogens (tertiary/aromatic N) is 1. The van der Waals surface area contributed by atoms with Crippen LogP contribution in [0.1, 0.15) is 36.1 Å². The van der Waals surface area contributed by atoms with Gasteiger partial charge < -0.3 is 19.5 Å². The summed E-state index contributed by atoms with van der Waals surface area (Å²) in [5, 5.41) is 0.262. The highest BCUT2D eigenvalue weighted by atomic mass is 19.1. The first-order chi connectivity index (χ1) is 17.0. The number of aromatic nitrogens is 3. The molecule has 1 unspecified atom stereocenters. The molecule has 0 bridgehead atoms. The zero-order valence-electron chi connectivity index (χ0n) is 19.0. The minimum Gasteiger partial charge on any atom is -0.451 e. The molecule has 0 saturated heterocycles. The Morgan fingerprint density at radius 2 is 1.94 bits per heavy atom. The minimum atomic E-state index is -0.784. The van der Waals surface area contributed by atoms with E-state index in [0.717, 1.165) is 28.7 Å². The zero-order chi connectivity index (χ0) is 24.4. The lowest BCUT2D eigenvalue weighted by atomic mass is 9.95. The van der Waals surface area contributed by atoms with Crippen LogP contribution in [0.4, 0.5) is 8.78 Å². The van der Waals surface area contributed by atoms with Crippen LogP contribution in [0.15, 0.2) is 73.1 Å². The molecule has 0 aliphatic carbocycles. The van der Waals surface area contributed by atoms with Gasteiger partial charge in [0.1, 0.15) is 17.9 Å². The predicted octanol–water partition coefficient (Wildman–Crippen LogP) is 6.91. The van der Waals surface area contributed by atoms with Crippen molar-refractivity contribution in [3.63, 3.8) is 0 Å². The minimum absolute atomic E-state index is 0.167. The van der Waals surface area contributed by atoms with E-state index in [0.29, 0.717) is 29.9 Å². The second kappa shape index (κ2) is 9.54. The Labute approximate surface area is 200 Å². The van der Waals surface area contributed by atoms with Crippen LogP contribution in [0.5, 0.6) is 11.5 Å². The van der Waals surface area contributed by atoms with Gasteiger partial charge >= 0.3 is 0 Å². The van der Waals surface area contributed by atoms with Crippen molar-refractivity contribution in [3.8, 4) is 22.9 Å². The number of fused-ring (bicyclic) bond motifs is 1. The molecule has 2 aromatic heterocycles. The molecule has 0 fully saturated rings. The molecule has 176 valence electrons. The lowest BCUT2D eigenvalue weighted by Gasteiger charge is -2.10. The van der Waals surface area contributed by atoms with Crippen LogP contribution in [-0.2, 0) is 11.2 Å². The topological polar surface area (TPSA) is 70.8 Å². The second-order valence-corrected chi connectivity index (χ2v) is 8.55. The summed E-state index contributed by atoms with van der Waals surface area (Å²) in [6.07, 6.45) is 5.40. The highest BCUT2D eigenvalue weighted by Gasteiger charge is 2.17. The Balaban J connectivity index is 1.35. The normalized spacial score (nSPS) is 12.1. The van der Waals surface area contributed by atoms with E-state index in [9.17, 15) is 13.6 Å². The van der Waals surface area contributed by atoms with E-state index in [4.69, 9.17) is 4.74 Å². The summed E-state index contributed by atoms with van der Waals surface area (Å²) in [4.78, 5) is 21.4. The van der Waals surface area contributed by atoms with Gasteiger partial charge in [0.2, 0.25) is 0 Å². The molecule has 1 atom stereocenters. The Hall–Kier alpha value is -4.26. The standard InChI is InChI=1S/C28H23F2N3O2/c1-17(9-11-34)19-5-2-4-18(12-19)13-21-16-32-28(33-21)20-6-3-7-22(14-20)35-27-24(29)15-25-23(26(27)30)8-10-31-25/h2-8,10-12,14-17,31H,9,13H2,1H3,(H,32,33). The Bertz CT molecular complexity index is 1510. The fourth-order valence-electron chi connectivity index (χ4n) is 4.14. The molecule has 0 spiro atoms. The highest BCUT2D eigenvalue weighted by molar-refractivity contribution is 5.82. The van der Waals surface area contributed by atoms with Crippen LogP contribution >= 0.6 is 0 Å². The third kappa shape index (κ3) is 4.71. The molecule has 7 heteroatoms. The molecule has 2 heterocycles. The molecule has 0 aliphatic heterocycles. The van der Waals surface area contributed by atoms with Crippen molar-refractivity contribution in [2.75, 3.05) is 0 Å². The van der Waals surface area contributed by atoms with Crippen molar-refractivity contribution < 1.29 is 18.3 Å². The number of aldehydes is 1. The molecule has 5 aromatic rings. The number of rotatable bonds is 8. The molecule has 0 amide bonds. The van der Waals surface area contributed by atoms with Crippen LogP contribution in [0, 0.1) is 11.6 Å². The summed E-state index contributed by atoms with van der Waals surface area (Å²) in [6.45, 7) is 2.03. The van der Waals surface area contributed by atoms with Crippen LogP contribution in [0.25, 0.3) is 22.3 Å². The molecule has 0 saturated carbocycles. The van der Waals surface area contributed by atoms with E-state index in [1.807, 2.05) is 31.2 Å². The summed E-state index contributed by atoms with van der Waals surface area (Å²) in [6, 6.07) is 17.8. The molecule has 35 heavy (non-hydrogen) atoms. The Kier molecular flexibility index (Phi) is 6.14. The number of hydrogen-bond donors (Lipinski definition) is 2. The van der Waals surface area contributed by atoms with Gasteiger partial charge in [-0.2, -0.15) is 0 Å². The first kappa shape index (κ1) is 22.5. The van der Waals surface area contributed by atoms with Crippen molar-refractivity contribution in [1.82, 2.24) is 15.0 Å². The number of ether oxygens (including phenoxy) is 1. The molecule has 0 aliphatic rings. The van der Waals surface area contributed by atoms with Gasteiger partial charge in [0, 0.05) is 47.9 Å². The van der Waals surface area contributed by atoms with Crippen molar-refractivity contribution in [3.05, 3.63) is 102 Å². The maximum absolute atomic E-state index is 14.8. The summed E-state index contributed by atoms with van der Waals surface area (Å²) >= 11 is 0. The number of nitrogens with one attached hydrogen (secondary N) is 2. The summed E-state index contributed by atoms with van der Waals surface area (Å²) in [7, 11) is 0. The number of H-pyrrole nitrogens is 2. The fourth-order valence-corrected chi connectivity index (χ4v) is 4.14. The molecular formula is C28H23F2N3O2. The fraction of sp³-hybridized carbons (Fsp3) is 0.143. The number of aromatic amines is 2. The first-order valence-corrected chi connectivity index (χ1v) is 11.3. The summed E-state index contributed by atoms with van der Waals surface area (Å²) in [5.41, 5.74) is 4.25. The largest absolute Gasteiger partial charge is 0.451 e. The van der Waals surface area contributed by atoms with Crippen molar-refractivity contribution in [1.29, 1.82) is 0 Å². The number of imidazole rings is 1. The SMILES string of the molecule is CC(CC=O)c1cccc(Cc2cnc(-c3cccc(Oc4c(F)cc5[nH]ccc5c4F)c3)[nH]2)c1. The predicted molar refractivity (Wildman–Crippen MR) is 131 cm³/mol. The smallest absolute Gasteiger partial charge is 0.199 e. The van der Waals surface area contributed by atoms with Crippen LogP contribution in [-0.4, -0.2) is 21.2 Å². The second-order valence-electron chi connectivity index (χ2n) is 8.55. The van der Waals surface area contributed by atoms with Crippen molar-refractivity contribution >= 4 is 17.2 Å². The van der Waals surface area contributed by atoms with E-state index < -0.39 is 17.4 Å². The van der Waals surface area contributed by atoms with Crippen molar-refractivity contribution in [2.45, 2.75) is 25.7 Å². The van der Waals surface area contributed by atoms with Crippen molar-refractivity contribution in [2.24, 2.45) is 0 Å².